The summed E-state index contributed by atoms with van der Waals surface area (Å²) in [5.74, 6) is 1.60. The van der Waals surface area contributed by atoms with Crippen LogP contribution in [0.4, 0.5) is 0 Å². The summed E-state index contributed by atoms with van der Waals surface area (Å²) >= 11 is 0. The summed E-state index contributed by atoms with van der Waals surface area (Å²) in [5.41, 5.74) is 2.30. The Morgan fingerprint density at radius 1 is 1.12 bits per heavy atom. The third-order valence-corrected chi connectivity index (χ3v) is 2.35. The SMILES string of the molecule is Cc1ccc(-c2ccc(/C=C/CO)o2)cc1. The van der Waals surface area contributed by atoms with Gasteiger partial charge in [0.2, 0.25) is 0 Å². The maximum atomic E-state index is 8.65. The molecule has 0 saturated carbocycles. The molecule has 0 saturated heterocycles. The van der Waals surface area contributed by atoms with Gasteiger partial charge in [-0.05, 0) is 25.1 Å². The van der Waals surface area contributed by atoms with Gasteiger partial charge in [-0.2, -0.15) is 0 Å². The van der Waals surface area contributed by atoms with Gasteiger partial charge in [0.1, 0.15) is 11.5 Å². The van der Waals surface area contributed by atoms with Crippen molar-refractivity contribution in [3.63, 3.8) is 0 Å². The average Bonchev–Trinajstić information content (AvgIpc) is 2.76. The molecule has 0 fully saturated rings. The van der Waals surface area contributed by atoms with Gasteiger partial charge in [-0.25, -0.2) is 0 Å². The molecule has 2 heteroatoms. The van der Waals surface area contributed by atoms with Gasteiger partial charge in [0.05, 0.1) is 6.61 Å². The molecule has 2 nitrogen and oxygen atoms in total. The number of benzene rings is 1. The van der Waals surface area contributed by atoms with Crippen molar-refractivity contribution in [2.24, 2.45) is 0 Å². The lowest BCUT2D eigenvalue weighted by Crippen LogP contribution is -1.74. The largest absolute Gasteiger partial charge is 0.457 e. The predicted molar refractivity (Wildman–Crippen MR) is 65.0 cm³/mol. The van der Waals surface area contributed by atoms with Crippen molar-refractivity contribution in [3.05, 3.63) is 53.8 Å². The molecular weight excluding hydrogens is 200 g/mol. The van der Waals surface area contributed by atoms with Gasteiger partial charge in [0.15, 0.2) is 0 Å². The molecule has 0 unspecified atom stereocenters. The van der Waals surface area contributed by atoms with Crippen LogP contribution >= 0.6 is 0 Å². The molecule has 1 aromatic carbocycles. The minimum Gasteiger partial charge on any atom is -0.457 e. The van der Waals surface area contributed by atoms with Crippen molar-refractivity contribution < 1.29 is 9.52 Å². The molecule has 2 aromatic rings. The van der Waals surface area contributed by atoms with E-state index in [2.05, 4.69) is 19.1 Å². The molecule has 0 atom stereocenters. The average molecular weight is 214 g/mol. The quantitative estimate of drug-likeness (QED) is 0.850. The first kappa shape index (κ1) is 10.7. The number of furan rings is 1. The van der Waals surface area contributed by atoms with E-state index in [0.717, 1.165) is 17.1 Å². The van der Waals surface area contributed by atoms with Crippen molar-refractivity contribution in [2.45, 2.75) is 6.92 Å². The summed E-state index contributed by atoms with van der Waals surface area (Å²) in [6, 6.07) is 12.0. The zero-order valence-corrected chi connectivity index (χ0v) is 9.18. The molecule has 0 amide bonds. The minimum atomic E-state index is 0.0283. The van der Waals surface area contributed by atoms with E-state index >= 15 is 0 Å². The van der Waals surface area contributed by atoms with E-state index in [1.165, 1.54) is 5.56 Å². The summed E-state index contributed by atoms with van der Waals surface area (Å²) in [4.78, 5) is 0. The van der Waals surface area contributed by atoms with Crippen molar-refractivity contribution in [1.29, 1.82) is 0 Å². The van der Waals surface area contributed by atoms with Crippen LogP contribution in [0.25, 0.3) is 17.4 Å². The van der Waals surface area contributed by atoms with Crippen LogP contribution in [0.1, 0.15) is 11.3 Å². The molecule has 82 valence electrons. The Labute approximate surface area is 94.8 Å². The molecule has 16 heavy (non-hydrogen) atoms. The maximum absolute atomic E-state index is 8.65. The summed E-state index contributed by atoms with van der Waals surface area (Å²) in [6.45, 7) is 2.09. The molecule has 2 rings (SSSR count). The van der Waals surface area contributed by atoms with Crippen molar-refractivity contribution in [2.75, 3.05) is 6.61 Å². The van der Waals surface area contributed by atoms with Gasteiger partial charge in [-0.3, -0.25) is 0 Å². The first-order valence-corrected chi connectivity index (χ1v) is 5.24. The molecule has 0 aliphatic heterocycles. The van der Waals surface area contributed by atoms with E-state index in [1.807, 2.05) is 24.3 Å². The summed E-state index contributed by atoms with van der Waals surface area (Å²) in [5, 5.41) is 8.65. The van der Waals surface area contributed by atoms with Crippen LogP contribution in [-0.2, 0) is 0 Å². The lowest BCUT2D eigenvalue weighted by atomic mass is 10.1. The molecule has 0 spiro atoms. The third kappa shape index (κ3) is 2.41. The van der Waals surface area contributed by atoms with E-state index in [4.69, 9.17) is 9.52 Å². The van der Waals surface area contributed by atoms with Crippen LogP contribution in [0.15, 0.2) is 46.9 Å². The number of aliphatic hydroxyl groups excluding tert-OH is 1. The number of rotatable bonds is 3. The summed E-state index contributed by atoms with van der Waals surface area (Å²) < 4.78 is 5.61. The predicted octanol–water partition coefficient (Wildman–Crippen LogP) is 3.26. The zero-order chi connectivity index (χ0) is 11.4. The number of aryl methyl sites for hydroxylation is 1. The number of hydrogen-bond acceptors (Lipinski definition) is 2. The fourth-order valence-corrected chi connectivity index (χ4v) is 1.48. The molecule has 0 bridgehead atoms. The first-order valence-electron chi connectivity index (χ1n) is 5.24. The van der Waals surface area contributed by atoms with Crippen molar-refractivity contribution in [1.82, 2.24) is 0 Å². The van der Waals surface area contributed by atoms with Crippen LogP contribution in [0.3, 0.4) is 0 Å². The Morgan fingerprint density at radius 2 is 1.88 bits per heavy atom. The molecule has 1 heterocycles. The molecule has 0 radical (unpaired) electrons. The van der Waals surface area contributed by atoms with Gasteiger partial charge >= 0.3 is 0 Å². The number of aliphatic hydroxyl groups is 1. The molecule has 0 aliphatic carbocycles. The fraction of sp³-hybridized carbons (Fsp3) is 0.143. The lowest BCUT2D eigenvalue weighted by Gasteiger charge is -1.97. The maximum Gasteiger partial charge on any atom is 0.134 e. The van der Waals surface area contributed by atoms with E-state index in [-0.39, 0.29) is 6.61 Å². The number of hydrogen-bond donors (Lipinski definition) is 1. The molecular formula is C14H14O2. The smallest absolute Gasteiger partial charge is 0.134 e. The highest BCUT2D eigenvalue weighted by Crippen LogP contribution is 2.22. The molecule has 1 N–H and O–H groups in total. The Kier molecular flexibility index (Phi) is 3.22. The second-order valence-electron chi connectivity index (χ2n) is 3.65. The first-order chi connectivity index (χ1) is 7.79. The third-order valence-electron chi connectivity index (χ3n) is 2.35. The van der Waals surface area contributed by atoms with Gasteiger partial charge in [-0.15, -0.1) is 0 Å². The normalized spacial score (nSPS) is 11.1. The Hall–Kier alpha value is -1.80. The topological polar surface area (TPSA) is 33.4 Å². The van der Waals surface area contributed by atoms with E-state index in [1.54, 1.807) is 12.2 Å². The highest BCUT2D eigenvalue weighted by Gasteiger charge is 2.01. The van der Waals surface area contributed by atoms with E-state index < -0.39 is 0 Å². The highest BCUT2D eigenvalue weighted by molar-refractivity contribution is 5.60. The Morgan fingerprint density at radius 3 is 2.56 bits per heavy atom. The monoisotopic (exact) mass is 214 g/mol. The summed E-state index contributed by atoms with van der Waals surface area (Å²) in [6.07, 6.45) is 3.41. The second kappa shape index (κ2) is 4.81. The van der Waals surface area contributed by atoms with Crippen LogP contribution in [0.2, 0.25) is 0 Å². The van der Waals surface area contributed by atoms with E-state index in [9.17, 15) is 0 Å². The standard InChI is InChI=1S/C14H14O2/c1-11-4-6-12(7-5-11)14-9-8-13(16-14)3-2-10-15/h2-9,15H,10H2,1H3/b3-2+. The van der Waals surface area contributed by atoms with Crippen molar-refractivity contribution in [3.8, 4) is 11.3 Å². The van der Waals surface area contributed by atoms with Crippen LogP contribution in [0, 0.1) is 6.92 Å². The van der Waals surface area contributed by atoms with Gasteiger partial charge in [0, 0.05) is 5.56 Å². The second-order valence-corrected chi connectivity index (χ2v) is 3.65. The lowest BCUT2D eigenvalue weighted by molar-refractivity contribution is 0.343. The minimum absolute atomic E-state index is 0.0283. The molecule has 0 aliphatic rings. The van der Waals surface area contributed by atoms with Gasteiger partial charge in [-0.1, -0.05) is 35.9 Å². The highest BCUT2D eigenvalue weighted by atomic mass is 16.3. The summed E-state index contributed by atoms with van der Waals surface area (Å²) in [7, 11) is 0. The van der Waals surface area contributed by atoms with Crippen molar-refractivity contribution >= 4 is 6.08 Å². The fourth-order valence-electron chi connectivity index (χ4n) is 1.48. The van der Waals surface area contributed by atoms with Crippen LogP contribution in [-0.4, -0.2) is 11.7 Å². The molecule has 1 aromatic heterocycles. The van der Waals surface area contributed by atoms with E-state index in [0.29, 0.717) is 0 Å². The Balaban J connectivity index is 2.24. The zero-order valence-electron chi connectivity index (χ0n) is 9.18. The van der Waals surface area contributed by atoms with Gasteiger partial charge < -0.3 is 9.52 Å². The van der Waals surface area contributed by atoms with Crippen LogP contribution < -0.4 is 0 Å². The van der Waals surface area contributed by atoms with Crippen LogP contribution in [0.5, 0.6) is 0 Å². The Bertz CT molecular complexity index is 478. The van der Waals surface area contributed by atoms with Gasteiger partial charge in [0.25, 0.3) is 0 Å².